The molecule has 0 aliphatic rings. The smallest absolute Gasteiger partial charge is 0.303 e. The fourth-order valence-corrected chi connectivity index (χ4v) is 2.29. The Hall–Kier alpha value is -1.47. The third kappa shape index (κ3) is 18.9. The molecule has 6 nitrogen and oxygen atoms in total. The molecule has 0 spiro atoms. The van der Waals surface area contributed by atoms with Crippen molar-refractivity contribution in [2.24, 2.45) is 0 Å². The summed E-state index contributed by atoms with van der Waals surface area (Å²) in [4.78, 5) is 10.4. The highest BCUT2D eigenvalue weighted by Crippen LogP contribution is 2.07. The molecule has 0 heterocycles. The number of aliphatic hydroxyl groups is 4. The molecular formula is C20H34O6. The Morgan fingerprint density at radius 2 is 1.58 bits per heavy atom. The quantitative estimate of drug-likeness (QED) is 0.123. The fourth-order valence-electron chi connectivity index (χ4n) is 2.29. The minimum absolute atomic E-state index is 0.0683. The highest BCUT2D eigenvalue weighted by molar-refractivity contribution is 5.66. The molecule has 2 atom stereocenters. The molecule has 26 heavy (non-hydrogen) atoms. The maximum atomic E-state index is 10.4. The number of carboxylic acid groups (broad SMARTS) is 1. The highest BCUT2D eigenvalue weighted by atomic mass is 16.5. The van der Waals surface area contributed by atoms with Gasteiger partial charge < -0.3 is 25.5 Å². The summed E-state index contributed by atoms with van der Waals surface area (Å²) in [5.74, 6) is -0.851. The zero-order valence-electron chi connectivity index (χ0n) is 15.4. The lowest BCUT2D eigenvalue weighted by atomic mass is 10.1. The van der Waals surface area contributed by atoms with E-state index in [4.69, 9.17) is 15.3 Å². The van der Waals surface area contributed by atoms with Crippen LogP contribution in [0.15, 0.2) is 36.5 Å². The lowest BCUT2D eigenvalue weighted by molar-refractivity contribution is -0.137. The van der Waals surface area contributed by atoms with E-state index in [1.165, 1.54) is 0 Å². The fraction of sp³-hybridized carbons (Fsp3) is 0.650. The van der Waals surface area contributed by atoms with Crippen LogP contribution in [0.2, 0.25) is 0 Å². The number of aliphatic carboxylic acids is 1. The summed E-state index contributed by atoms with van der Waals surface area (Å²) in [6.45, 7) is 0. The number of carboxylic acids is 1. The van der Waals surface area contributed by atoms with Crippen LogP contribution < -0.4 is 0 Å². The number of unbranched alkanes of at least 4 members (excludes halogenated alkanes) is 2. The van der Waals surface area contributed by atoms with Gasteiger partial charge in [-0.2, -0.15) is 0 Å². The third-order valence-electron chi connectivity index (χ3n) is 3.80. The molecule has 0 fully saturated rings. The van der Waals surface area contributed by atoms with Crippen LogP contribution in [-0.2, 0) is 4.79 Å². The van der Waals surface area contributed by atoms with Crippen molar-refractivity contribution in [1.29, 1.82) is 0 Å². The molecule has 0 amide bonds. The lowest BCUT2D eigenvalue weighted by Crippen LogP contribution is -2.04. The molecule has 0 unspecified atom stereocenters. The molecule has 0 aromatic carbocycles. The monoisotopic (exact) mass is 370 g/mol. The van der Waals surface area contributed by atoms with Crippen LogP contribution in [0, 0.1) is 0 Å². The minimum atomic E-state index is -1.22. The zero-order valence-corrected chi connectivity index (χ0v) is 15.4. The van der Waals surface area contributed by atoms with Gasteiger partial charge in [0.1, 0.15) is 0 Å². The standard InChI is InChI=1S/C20H34O6/c21-17(11-6-2-1-3-9-15-19(23)24)12-7-4-5-8-13-18(22)14-10-16-20(25)26/h2,4-6,8,13,17-19,21-24H,1,3,7,9-12,14-16H2,(H,25,26)/b5-4+,6-2-,13-8-/t17-,18-/m0/s1. The first-order chi connectivity index (χ1) is 12.4. The summed E-state index contributed by atoms with van der Waals surface area (Å²) in [5.41, 5.74) is 0. The molecule has 0 radical (unpaired) electrons. The molecule has 150 valence electrons. The lowest BCUT2D eigenvalue weighted by Gasteiger charge is -2.05. The van der Waals surface area contributed by atoms with Crippen molar-refractivity contribution in [1.82, 2.24) is 0 Å². The Morgan fingerprint density at radius 3 is 2.27 bits per heavy atom. The minimum Gasteiger partial charge on any atom is -0.481 e. The van der Waals surface area contributed by atoms with Gasteiger partial charge in [-0.1, -0.05) is 36.5 Å². The summed E-state index contributed by atoms with van der Waals surface area (Å²) in [5, 5.41) is 45.4. The Morgan fingerprint density at radius 1 is 0.808 bits per heavy atom. The van der Waals surface area contributed by atoms with Crippen molar-refractivity contribution in [3.63, 3.8) is 0 Å². The van der Waals surface area contributed by atoms with E-state index in [-0.39, 0.29) is 12.5 Å². The number of aliphatic hydroxyl groups excluding tert-OH is 3. The molecule has 0 aliphatic heterocycles. The molecular weight excluding hydrogens is 336 g/mol. The van der Waals surface area contributed by atoms with Crippen LogP contribution in [0.3, 0.4) is 0 Å². The second kappa shape index (κ2) is 17.0. The van der Waals surface area contributed by atoms with Gasteiger partial charge in [-0.15, -0.1) is 0 Å². The normalized spacial score (nSPS) is 14.8. The first-order valence-corrected chi connectivity index (χ1v) is 9.34. The Bertz CT molecular complexity index is 428. The van der Waals surface area contributed by atoms with Crippen LogP contribution in [0.25, 0.3) is 0 Å². The van der Waals surface area contributed by atoms with E-state index < -0.39 is 18.4 Å². The van der Waals surface area contributed by atoms with E-state index in [9.17, 15) is 15.0 Å². The molecule has 0 aliphatic carbocycles. The average Bonchev–Trinajstić information content (AvgIpc) is 2.56. The molecule has 5 N–H and O–H groups in total. The van der Waals surface area contributed by atoms with Gasteiger partial charge in [0.25, 0.3) is 0 Å². The van der Waals surface area contributed by atoms with Gasteiger partial charge in [-0.3, -0.25) is 4.79 Å². The SMILES string of the molecule is O=C(O)CCC[C@@H](O)/C=C\C=C\CC[C@@H](O)C/C=C\CCCCC(O)O. The van der Waals surface area contributed by atoms with E-state index in [1.807, 2.05) is 24.3 Å². The Labute approximate surface area is 156 Å². The highest BCUT2D eigenvalue weighted by Gasteiger charge is 2.02. The average molecular weight is 370 g/mol. The summed E-state index contributed by atoms with van der Waals surface area (Å²) in [6.07, 6.45) is 14.8. The van der Waals surface area contributed by atoms with Crippen LogP contribution in [0.1, 0.15) is 64.2 Å². The number of allylic oxidation sites excluding steroid dienone is 4. The van der Waals surface area contributed by atoms with E-state index in [0.29, 0.717) is 32.1 Å². The first-order valence-electron chi connectivity index (χ1n) is 9.34. The van der Waals surface area contributed by atoms with Crippen molar-refractivity contribution < 1.29 is 30.3 Å². The van der Waals surface area contributed by atoms with E-state index >= 15 is 0 Å². The molecule has 0 saturated heterocycles. The van der Waals surface area contributed by atoms with Gasteiger partial charge in [0.05, 0.1) is 12.2 Å². The molecule has 0 saturated carbocycles. The predicted molar refractivity (Wildman–Crippen MR) is 101 cm³/mol. The van der Waals surface area contributed by atoms with Crippen LogP contribution in [0.5, 0.6) is 0 Å². The van der Waals surface area contributed by atoms with Crippen molar-refractivity contribution in [3.05, 3.63) is 36.5 Å². The third-order valence-corrected chi connectivity index (χ3v) is 3.80. The molecule has 0 aromatic heterocycles. The van der Waals surface area contributed by atoms with Crippen molar-refractivity contribution in [2.45, 2.75) is 82.7 Å². The maximum Gasteiger partial charge on any atom is 0.303 e. The van der Waals surface area contributed by atoms with Crippen molar-refractivity contribution in [2.75, 3.05) is 0 Å². The number of rotatable bonds is 16. The van der Waals surface area contributed by atoms with Crippen LogP contribution >= 0.6 is 0 Å². The number of carbonyl (C=O) groups is 1. The van der Waals surface area contributed by atoms with E-state index in [0.717, 1.165) is 25.7 Å². The zero-order chi connectivity index (χ0) is 19.6. The molecule has 0 aromatic rings. The first kappa shape index (κ1) is 24.5. The van der Waals surface area contributed by atoms with Gasteiger partial charge >= 0.3 is 5.97 Å². The van der Waals surface area contributed by atoms with Gasteiger partial charge in [0, 0.05) is 6.42 Å². The van der Waals surface area contributed by atoms with Gasteiger partial charge in [-0.05, 0) is 57.8 Å². The van der Waals surface area contributed by atoms with Crippen molar-refractivity contribution in [3.8, 4) is 0 Å². The molecule has 0 bridgehead atoms. The van der Waals surface area contributed by atoms with Crippen molar-refractivity contribution >= 4 is 5.97 Å². The largest absolute Gasteiger partial charge is 0.481 e. The van der Waals surface area contributed by atoms with Crippen LogP contribution in [0.4, 0.5) is 0 Å². The summed E-state index contributed by atoms with van der Waals surface area (Å²) in [7, 11) is 0. The molecule has 6 heteroatoms. The van der Waals surface area contributed by atoms with Gasteiger partial charge in [-0.25, -0.2) is 0 Å². The van der Waals surface area contributed by atoms with E-state index in [2.05, 4.69) is 0 Å². The topological polar surface area (TPSA) is 118 Å². The summed E-state index contributed by atoms with van der Waals surface area (Å²) < 4.78 is 0. The number of hydrogen-bond donors (Lipinski definition) is 5. The Balaban J connectivity index is 3.64. The second-order valence-electron chi connectivity index (χ2n) is 6.37. The Kier molecular flexibility index (Phi) is 16.0. The molecule has 0 rings (SSSR count). The van der Waals surface area contributed by atoms with Gasteiger partial charge in [0.15, 0.2) is 6.29 Å². The van der Waals surface area contributed by atoms with E-state index in [1.54, 1.807) is 12.2 Å². The maximum absolute atomic E-state index is 10.4. The summed E-state index contributed by atoms with van der Waals surface area (Å²) >= 11 is 0. The van der Waals surface area contributed by atoms with Crippen LogP contribution in [-0.4, -0.2) is 50.0 Å². The second-order valence-corrected chi connectivity index (χ2v) is 6.37. The number of hydrogen-bond acceptors (Lipinski definition) is 5. The predicted octanol–water partition coefficient (Wildman–Crippen LogP) is 2.67. The van der Waals surface area contributed by atoms with Gasteiger partial charge in [0.2, 0.25) is 0 Å². The summed E-state index contributed by atoms with van der Waals surface area (Å²) in [6, 6.07) is 0.